The summed E-state index contributed by atoms with van der Waals surface area (Å²) in [6, 6.07) is 9.25. The first-order valence-corrected chi connectivity index (χ1v) is 7.72. The molecule has 1 amide bonds. The molecule has 0 radical (unpaired) electrons. The van der Waals surface area contributed by atoms with E-state index in [1.54, 1.807) is 29.5 Å². The molecule has 1 aromatic heterocycles. The number of halogens is 2. The zero-order valence-corrected chi connectivity index (χ0v) is 13.1. The number of hydrogen-bond donors (Lipinski definition) is 2. The molecule has 6 heteroatoms. The normalized spacial score (nSPS) is 12.2. The molecule has 1 aromatic carbocycles. The topological polar surface area (TPSA) is 41.1 Å². The van der Waals surface area contributed by atoms with Gasteiger partial charge in [0.25, 0.3) is 0 Å². The van der Waals surface area contributed by atoms with Gasteiger partial charge in [0, 0.05) is 10.9 Å². The third-order valence-electron chi connectivity index (χ3n) is 2.77. The Balaban J connectivity index is 1.90. The maximum absolute atomic E-state index is 11.9. The average molecular weight is 329 g/mol. The molecule has 2 rings (SSSR count). The number of nitrogens with one attached hydrogen (secondary N) is 2. The zero-order valence-electron chi connectivity index (χ0n) is 10.8. The molecule has 0 spiro atoms. The Morgan fingerprint density at radius 1 is 1.25 bits per heavy atom. The molecule has 0 aliphatic rings. The van der Waals surface area contributed by atoms with Gasteiger partial charge in [0.15, 0.2) is 0 Å². The highest BCUT2D eigenvalue weighted by Crippen LogP contribution is 2.29. The lowest BCUT2D eigenvalue weighted by atomic mass is 10.2. The predicted octanol–water partition coefficient (Wildman–Crippen LogP) is 4.34. The number of benzene rings is 1. The lowest BCUT2D eigenvalue weighted by molar-refractivity contribution is -0.115. The van der Waals surface area contributed by atoms with Crippen LogP contribution >= 0.6 is 34.5 Å². The molecule has 0 bridgehead atoms. The molecule has 1 heterocycles. The second-order valence-electron chi connectivity index (χ2n) is 4.26. The maximum Gasteiger partial charge on any atom is 0.238 e. The summed E-state index contributed by atoms with van der Waals surface area (Å²) in [4.78, 5) is 13.1. The molecule has 1 unspecified atom stereocenters. The highest BCUT2D eigenvalue weighted by atomic mass is 35.5. The Bertz CT molecular complexity index is 567. The van der Waals surface area contributed by atoms with Crippen LogP contribution in [0.3, 0.4) is 0 Å². The van der Waals surface area contributed by atoms with E-state index < -0.39 is 0 Å². The van der Waals surface area contributed by atoms with Crippen LogP contribution in [0.1, 0.15) is 17.8 Å². The summed E-state index contributed by atoms with van der Waals surface area (Å²) < 4.78 is 0. The van der Waals surface area contributed by atoms with Gasteiger partial charge in [-0.1, -0.05) is 35.3 Å². The molecule has 0 fully saturated rings. The van der Waals surface area contributed by atoms with Gasteiger partial charge in [-0.15, -0.1) is 11.3 Å². The van der Waals surface area contributed by atoms with Gasteiger partial charge < -0.3 is 10.6 Å². The number of hydrogen-bond acceptors (Lipinski definition) is 3. The Morgan fingerprint density at radius 2 is 1.95 bits per heavy atom. The van der Waals surface area contributed by atoms with Crippen LogP contribution in [0.25, 0.3) is 0 Å². The van der Waals surface area contributed by atoms with Crippen molar-refractivity contribution in [2.45, 2.75) is 13.0 Å². The third kappa shape index (κ3) is 3.96. The SMILES string of the molecule is CC(NCC(=O)Nc1c(Cl)cccc1Cl)c1cccs1. The van der Waals surface area contributed by atoms with E-state index in [1.807, 2.05) is 24.4 Å². The van der Waals surface area contributed by atoms with Crippen molar-refractivity contribution in [3.8, 4) is 0 Å². The van der Waals surface area contributed by atoms with Crippen LogP contribution in [0.4, 0.5) is 5.69 Å². The number of carbonyl (C=O) groups excluding carboxylic acids is 1. The predicted molar refractivity (Wildman–Crippen MR) is 85.8 cm³/mol. The molecule has 2 aromatic rings. The van der Waals surface area contributed by atoms with E-state index in [0.717, 1.165) is 0 Å². The van der Waals surface area contributed by atoms with Crippen LogP contribution in [0, 0.1) is 0 Å². The van der Waals surface area contributed by atoms with E-state index in [0.29, 0.717) is 15.7 Å². The maximum atomic E-state index is 11.9. The van der Waals surface area contributed by atoms with E-state index in [1.165, 1.54) is 4.88 Å². The van der Waals surface area contributed by atoms with E-state index in [4.69, 9.17) is 23.2 Å². The molecule has 0 aliphatic carbocycles. The van der Waals surface area contributed by atoms with Crippen LogP contribution in [-0.2, 0) is 4.79 Å². The van der Waals surface area contributed by atoms with E-state index >= 15 is 0 Å². The Kier molecular flexibility index (Phi) is 5.43. The third-order valence-corrected chi connectivity index (χ3v) is 4.45. The van der Waals surface area contributed by atoms with Gasteiger partial charge in [0.2, 0.25) is 5.91 Å². The molecule has 0 saturated carbocycles. The van der Waals surface area contributed by atoms with E-state index in [-0.39, 0.29) is 18.5 Å². The summed E-state index contributed by atoms with van der Waals surface area (Å²) in [7, 11) is 0. The van der Waals surface area contributed by atoms with Gasteiger partial charge in [0.1, 0.15) is 0 Å². The van der Waals surface area contributed by atoms with Crippen molar-refractivity contribution >= 4 is 46.1 Å². The second-order valence-corrected chi connectivity index (χ2v) is 6.06. The fraction of sp³-hybridized carbons (Fsp3) is 0.214. The summed E-state index contributed by atoms with van der Waals surface area (Å²) in [5.74, 6) is -0.177. The van der Waals surface area contributed by atoms with Gasteiger partial charge in [-0.05, 0) is 30.5 Å². The molecule has 0 saturated heterocycles. The Morgan fingerprint density at radius 3 is 2.55 bits per heavy atom. The summed E-state index contributed by atoms with van der Waals surface area (Å²) in [6.07, 6.45) is 0. The standard InChI is InChI=1S/C14H14Cl2N2OS/c1-9(12-6-3-7-20-12)17-8-13(19)18-14-10(15)4-2-5-11(14)16/h2-7,9,17H,8H2,1H3,(H,18,19). The van der Waals surface area contributed by atoms with Crippen molar-refractivity contribution in [2.75, 3.05) is 11.9 Å². The molecular weight excluding hydrogens is 315 g/mol. The molecular formula is C14H14Cl2N2OS. The van der Waals surface area contributed by atoms with Crippen molar-refractivity contribution in [1.29, 1.82) is 0 Å². The van der Waals surface area contributed by atoms with Crippen LogP contribution < -0.4 is 10.6 Å². The Labute approximate surface area is 131 Å². The monoisotopic (exact) mass is 328 g/mol. The smallest absolute Gasteiger partial charge is 0.238 e. The van der Waals surface area contributed by atoms with Crippen molar-refractivity contribution in [3.63, 3.8) is 0 Å². The minimum absolute atomic E-state index is 0.127. The summed E-state index contributed by atoms with van der Waals surface area (Å²) in [5.41, 5.74) is 0.450. The van der Waals surface area contributed by atoms with Gasteiger partial charge in [-0.3, -0.25) is 4.79 Å². The largest absolute Gasteiger partial charge is 0.322 e. The van der Waals surface area contributed by atoms with Crippen molar-refractivity contribution < 1.29 is 4.79 Å². The number of thiophene rings is 1. The fourth-order valence-corrected chi connectivity index (χ4v) is 2.94. The average Bonchev–Trinajstić information content (AvgIpc) is 2.94. The zero-order chi connectivity index (χ0) is 14.5. The molecule has 2 N–H and O–H groups in total. The summed E-state index contributed by atoms with van der Waals surface area (Å²) in [6.45, 7) is 2.21. The number of rotatable bonds is 5. The minimum Gasteiger partial charge on any atom is -0.322 e. The lowest BCUT2D eigenvalue weighted by Crippen LogP contribution is -2.29. The van der Waals surface area contributed by atoms with Gasteiger partial charge >= 0.3 is 0 Å². The minimum atomic E-state index is -0.177. The molecule has 1 atom stereocenters. The quantitative estimate of drug-likeness (QED) is 0.856. The number of amides is 1. The van der Waals surface area contributed by atoms with Crippen LogP contribution in [0.15, 0.2) is 35.7 Å². The Hall–Kier alpha value is -1.07. The molecule has 20 heavy (non-hydrogen) atoms. The van der Waals surface area contributed by atoms with Crippen LogP contribution in [-0.4, -0.2) is 12.5 Å². The molecule has 3 nitrogen and oxygen atoms in total. The highest BCUT2D eigenvalue weighted by molar-refractivity contribution is 7.10. The van der Waals surface area contributed by atoms with E-state index in [2.05, 4.69) is 10.6 Å². The van der Waals surface area contributed by atoms with Crippen LogP contribution in [0.5, 0.6) is 0 Å². The van der Waals surface area contributed by atoms with Gasteiger partial charge in [-0.2, -0.15) is 0 Å². The van der Waals surface area contributed by atoms with Crippen LogP contribution in [0.2, 0.25) is 10.0 Å². The lowest BCUT2D eigenvalue weighted by Gasteiger charge is -2.13. The fourth-order valence-electron chi connectivity index (χ4n) is 1.68. The highest BCUT2D eigenvalue weighted by Gasteiger charge is 2.11. The van der Waals surface area contributed by atoms with Crippen molar-refractivity contribution in [3.05, 3.63) is 50.6 Å². The van der Waals surface area contributed by atoms with E-state index in [9.17, 15) is 4.79 Å². The summed E-state index contributed by atoms with van der Waals surface area (Å²) >= 11 is 13.7. The molecule has 106 valence electrons. The number of carbonyl (C=O) groups is 1. The van der Waals surface area contributed by atoms with Gasteiger partial charge in [0.05, 0.1) is 22.3 Å². The number of anilines is 1. The first-order valence-electron chi connectivity index (χ1n) is 6.08. The second kappa shape index (κ2) is 7.09. The first-order chi connectivity index (χ1) is 9.58. The van der Waals surface area contributed by atoms with Gasteiger partial charge in [-0.25, -0.2) is 0 Å². The summed E-state index contributed by atoms with van der Waals surface area (Å²) in [5, 5.41) is 8.74. The van der Waals surface area contributed by atoms with Crippen molar-refractivity contribution in [2.24, 2.45) is 0 Å². The van der Waals surface area contributed by atoms with Crippen molar-refractivity contribution in [1.82, 2.24) is 5.32 Å². The molecule has 0 aliphatic heterocycles. The first kappa shape index (κ1) is 15.3. The number of para-hydroxylation sites is 1.